The minimum Gasteiger partial charge on any atom is -0.444 e. The molecule has 0 saturated heterocycles. The standard InChI is InChI=1S/C14H28N4O2/c1-14(2,3)20-13(19)18(5)9-8-16-12(15-4)17-10-11-6-7-11/h11H,6-10H2,1-5H3,(H2,15,16,17). The number of nitrogens with zero attached hydrogens (tertiary/aromatic N) is 2. The molecule has 20 heavy (non-hydrogen) atoms. The van der Waals surface area contributed by atoms with Crippen molar-refractivity contribution in [1.82, 2.24) is 15.5 Å². The second-order valence-corrected chi connectivity index (χ2v) is 6.23. The maximum Gasteiger partial charge on any atom is 0.410 e. The Morgan fingerprint density at radius 1 is 1.35 bits per heavy atom. The number of carbonyl (C=O) groups excluding carboxylic acids is 1. The Hall–Kier alpha value is -1.46. The van der Waals surface area contributed by atoms with Crippen molar-refractivity contribution in [1.29, 1.82) is 0 Å². The van der Waals surface area contributed by atoms with Gasteiger partial charge in [-0.2, -0.15) is 0 Å². The molecule has 0 aromatic carbocycles. The SMILES string of the molecule is CN=C(NCCN(C)C(=O)OC(C)(C)C)NCC1CC1. The van der Waals surface area contributed by atoms with Crippen LogP contribution in [0.2, 0.25) is 0 Å². The fourth-order valence-corrected chi connectivity index (χ4v) is 1.56. The van der Waals surface area contributed by atoms with Crippen molar-refractivity contribution in [3.05, 3.63) is 0 Å². The molecule has 116 valence electrons. The number of ether oxygens (including phenoxy) is 1. The molecule has 0 aromatic heterocycles. The van der Waals surface area contributed by atoms with E-state index in [4.69, 9.17) is 4.74 Å². The quantitative estimate of drug-likeness (QED) is 0.592. The predicted molar refractivity (Wildman–Crippen MR) is 81.0 cm³/mol. The maximum absolute atomic E-state index is 11.8. The number of guanidine groups is 1. The van der Waals surface area contributed by atoms with Gasteiger partial charge in [0.2, 0.25) is 0 Å². The maximum atomic E-state index is 11.8. The number of likely N-dealkylation sites (N-methyl/N-ethyl adjacent to an activating group) is 1. The van der Waals surface area contributed by atoms with E-state index in [2.05, 4.69) is 15.6 Å². The van der Waals surface area contributed by atoms with Crippen molar-refractivity contribution < 1.29 is 9.53 Å². The Kier molecular flexibility index (Phi) is 6.10. The van der Waals surface area contributed by atoms with Crippen molar-refractivity contribution >= 4 is 12.1 Å². The van der Waals surface area contributed by atoms with Gasteiger partial charge in [-0.05, 0) is 39.5 Å². The molecule has 1 amide bonds. The molecule has 1 rings (SSSR count). The zero-order valence-corrected chi connectivity index (χ0v) is 13.3. The molecule has 0 atom stereocenters. The molecule has 6 heteroatoms. The van der Waals surface area contributed by atoms with Crippen LogP contribution in [-0.4, -0.2) is 56.3 Å². The highest BCUT2D eigenvalue weighted by Gasteiger charge is 2.21. The van der Waals surface area contributed by atoms with Crippen LogP contribution in [0.1, 0.15) is 33.6 Å². The van der Waals surface area contributed by atoms with Crippen LogP contribution >= 0.6 is 0 Å². The summed E-state index contributed by atoms with van der Waals surface area (Å²) in [4.78, 5) is 17.5. The number of hydrogen-bond donors (Lipinski definition) is 2. The number of aliphatic imine (C=N–C) groups is 1. The molecule has 6 nitrogen and oxygen atoms in total. The van der Waals surface area contributed by atoms with Crippen LogP contribution in [0.4, 0.5) is 4.79 Å². The summed E-state index contributed by atoms with van der Waals surface area (Å²) in [6.45, 7) is 7.77. The first kappa shape index (κ1) is 16.6. The second kappa shape index (κ2) is 7.36. The van der Waals surface area contributed by atoms with E-state index in [1.54, 1.807) is 19.0 Å². The van der Waals surface area contributed by atoms with E-state index in [1.807, 2.05) is 20.8 Å². The summed E-state index contributed by atoms with van der Waals surface area (Å²) in [5.74, 6) is 1.59. The van der Waals surface area contributed by atoms with E-state index in [9.17, 15) is 4.79 Å². The van der Waals surface area contributed by atoms with Gasteiger partial charge in [-0.3, -0.25) is 4.99 Å². The average Bonchev–Trinajstić information content (AvgIpc) is 3.15. The summed E-state index contributed by atoms with van der Waals surface area (Å²) in [6.07, 6.45) is 2.32. The number of amides is 1. The Bertz CT molecular complexity index is 346. The van der Waals surface area contributed by atoms with E-state index < -0.39 is 5.60 Å². The number of nitrogens with one attached hydrogen (secondary N) is 2. The average molecular weight is 284 g/mol. The van der Waals surface area contributed by atoms with Crippen molar-refractivity contribution in [2.45, 2.75) is 39.2 Å². The smallest absolute Gasteiger partial charge is 0.410 e. The van der Waals surface area contributed by atoms with E-state index in [1.165, 1.54) is 12.8 Å². The summed E-state index contributed by atoms with van der Waals surface area (Å²) >= 11 is 0. The Labute approximate surface area is 122 Å². The first-order valence-electron chi connectivity index (χ1n) is 7.20. The fraction of sp³-hybridized carbons (Fsp3) is 0.857. The lowest BCUT2D eigenvalue weighted by Gasteiger charge is -2.24. The highest BCUT2D eigenvalue weighted by Crippen LogP contribution is 2.27. The van der Waals surface area contributed by atoms with Gasteiger partial charge in [0.25, 0.3) is 0 Å². The van der Waals surface area contributed by atoms with Gasteiger partial charge in [0.05, 0.1) is 0 Å². The van der Waals surface area contributed by atoms with Gasteiger partial charge >= 0.3 is 6.09 Å². The number of hydrogen-bond acceptors (Lipinski definition) is 3. The molecule has 1 fully saturated rings. The summed E-state index contributed by atoms with van der Waals surface area (Å²) in [5.41, 5.74) is -0.458. The zero-order valence-electron chi connectivity index (χ0n) is 13.3. The topological polar surface area (TPSA) is 66.0 Å². The first-order valence-corrected chi connectivity index (χ1v) is 7.20. The van der Waals surface area contributed by atoms with Crippen LogP contribution in [0.3, 0.4) is 0 Å². The van der Waals surface area contributed by atoms with Crippen LogP contribution in [0.25, 0.3) is 0 Å². The highest BCUT2D eigenvalue weighted by atomic mass is 16.6. The lowest BCUT2D eigenvalue weighted by molar-refractivity contribution is 0.0302. The van der Waals surface area contributed by atoms with Gasteiger partial charge in [0.1, 0.15) is 5.60 Å². The number of rotatable bonds is 5. The number of carbonyl (C=O) groups is 1. The Morgan fingerprint density at radius 2 is 2.00 bits per heavy atom. The molecule has 0 bridgehead atoms. The minimum absolute atomic E-state index is 0.305. The molecule has 0 radical (unpaired) electrons. The van der Waals surface area contributed by atoms with E-state index >= 15 is 0 Å². The lowest BCUT2D eigenvalue weighted by atomic mass is 10.2. The summed E-state index contributed by atoms with van der Waals surface area (Å²) in [6, 6.07) is 0. The van der Waals surface area contributed by atoms with Gasteiger partial charge < -0.3 is 20.3 Å². The van der Waals surface area contributed by atoms with Crippen molar-refractivity contribution in [3.63, 3.8) is 0 Å². The van der Waals surface area contributed by atoms with Gasteiger partial charge in [-0.1, -0.05) is 0 Å². The molecule has 0 heterocycles. The molecule has 1 aliphatic carbocycles. The highest BCUT2D eigenvalue weighted by molar-refractivity contribution is 5.79. The molecule has 0 unspecified atom stereocenters. The third-order valence-corrected chi connectivity index (χ3v) is 2.92. The van der Waals surface area contributed by atoms with E-state index in [-0.39, 0.29) is 6.09 Å². The monoisotopic (exact) mass is 284 g/mol. The van der Waals surface area contributed by atoms with Gasteiger partial charge in [0.15, 0.2) is 5.96 Å². The minimum atomic E-state index is -0.458. The van der Waals surface area contributed by atoms with Crippen LogP contribution in [-0.2, 0) is 4.74 Å². The third-order valence-electron chi connectivity index (χ3n) is 2.92. The van der Waals surface area contributed by atoms with Crippen LogP contribution in [0.5, 0.6) is 0 Å². The molecule has 0 aliphatic heterocycles. The van der Waals surface area contributed by atoms with Crippen molar-refractivity contribution in [3.8, 4) is 0 Å². The van der Waals surface area contributed by atoms with Gasteiger partial charge in [-0.15, -0.1) is 0 Å². The zero-order chi connectivity index (χ0) is 15.2. The molecule has 2 N–H and O–H groups in total. The van der Waals surface area contributed by atoms with Crippen LogP contribution in [0.15, 0.2) is 4.99 Å². The first-order chi connectivity index (χ1) is 9.31. The normalized spacial score (nSPS) is 15.8. The van der Waals surface area contributed by atoms with Crippen LogP contribution in [0, 0.1) is 5.92 Å². The van der Waals surface area contributed by atoms with Gasteiger partial charge in [0, 0.05) is 33.7 Å². The lowest BCUT2D eigenvalue weighted by Crippen LogP contribution is -2.43. The molecule has 0 aromatic rings. The summed E-state index contributed by atoms with van der Waals surface area (Å²) < 4.78 is 5.28. The van der Waals surface area contributed by atoms with Crippen molar-refractivity contribution in [2.75, 3.05) is 33.7 Å². The summed E-state index contributed by atoms with van der Waals surface area (Å²) in [7, 11) is 3.48. The largest absolute Gasteiger partial charge is 0.444 e. The van der Waals surface area contributed by atoms with E-state index in [0.29, 0.717) is 13.1 Å². The molecular formula is C14H28N4O2. The Morgan fingerprint density at radius 3 is 2.50 bits per heavy atom. The summed E-state index contributed by atoms with van der Waals surface area (Å²) in [5, 5.41) is 6.47. The van der Waals surface area contributed by atoms with Crippen molar-refractivity contribution in [2.24, 2.45) is 10.9 Å². The van der Waals surface area contributed by atoms with Gasteiger partial charge in [-0.25, -0.2) is 4.79 Å². The molecule has 1 aliphatic rings. The third kappa shape index (κ3) is 7.21. The Balaban J connectivity index is 2.18. The molecule has 1 saturated carbocycles. The fourth-order valence-electron chi connectivity index (χ4n) is 1.56. The predicted octanol–water partition coefficient (Wildman–Crippen LogP) is 1.43. The second-order valence-electron chi connectivity index (χ2n) is 6.23. The molecular weight excluding hydrogens is 256 g/mol. The van der Waals surface area contributed by atoms with Crippen LogP contribution < -0.4 is 10.6 Å². The molecule has 0 spiro atoms. The van der Waals surface area contributed by atoms with E-state index in [0.717, 1.165) is 18.4 Å².